The van der Waals surface area contributed by atoms with Crippen LogP contribution in [0.2, 0.25) is 0 Å². The van der Waals surface area contributed by atoms with Crippen LogP contribution in [-0.4, -0.2) is 64.4 Å². The maximum atomic E-state index is 13.3. The Hall–Kier alpha value is -4.58. The summed E-state index contributed by atoms with van der Waals surface area (Å²) in [4.78, 5) is 37.0. The molecule has 12 nitrogen and oxygen atoms in total. The number of pyridine rings is 1. The normalized spacial score (nSPS) is 18.3. The average Bonchev–Trinajstić information content (AvgIpc) is 3.76. The molecule has 2 atom stereocenters. The molecule has 0 unspecified atom stereocenters. The smallest absolute Gasteiger partial charge is 0.320 e. The molecule has 3 amide bonds. The number of fused-ring (bicyclic) bond motifs is 1. The highest BCUT2D eigenvalue weighted by molar-refractivity contribution is 5.92. The van der Waals surface area contributed by atoms with E-state index in [9.17, 15) is 9.59 Å². The first kappa shape index (κ1) is 32.8. The van der Waals surface area contributed by atoms with Crippen molar-refractivity contribution < 1.29 is 18.6 Å². The number of ether oxygens (including phenoxy) is 1. The van der Waals surface area contributed by atoms with E-state index in [0.29, 0.717) is 43.2 Å². The van der Waals surface area contributed by atoms with Gasteiger partial charge in [0.2, 0.25) is 5.82 Å². The fraction of sp³-hybridized carbons (Fsp3) is 0.471. The molecule has 0 aliphatic heterocycles. The number of urea groups is 1. The highest BCUT2D eigenvalue weighted by atomic mass is 16.5. The van der Waals surface area contributed by atoms with Crippen molar-refractivity contribution in [3.05, 3.63) is 76.8 Å². The third kappa shape index (κ3) is 7.61. The van der Waals surface area contributed by atoms with E-state index >= 15 is 0 Å². The summed E-state index contributed by atoms with van der Waals surface area (Å²) in [6.45, 7) is 9.14. The largest absolute Gasteiger partial charge is 0.484 e. The van der Waals surface area contributed by atoms with E-state index in [0.717, 1.165) is 24.0 Å². The molecule has 0 spiro atoms. The number of carbonyl (C=O) groups excluding carboxylic acids is 2. The SMILES string of the molecule is CN(C)CCNC(=O)c1nc(NC(=O)N[C@H]2CC[C@@H](Oc3ccc(=N)n(C(=N)C4(C)CC4)c3)c3ccccc32)cc(C(C)(C)C)n1.[HH].[HH].[HH]. The minimum atomic E-state index is -0.434. The molecule has 2 heterocycles. The van der Waals surface area contributed by atoms with E-state index < -0.39 is 11.9 Å². The van der Waals surface area contributed by atoms with Gasteiger partial charge in [-0.05, 0) is 63.0 Å². The fourth-order valence-corrected chi connectivity index (χ4v) is 5.42. The van der Waals surface area contributed by atoms with Gasteiger partial charge in [-0.1, -0.05) is 52.0 Å². The van der Waals surface area contributed by atoms with E-state index in [1.54, 1.807) is 29.0 Å². The number of amides is 3. The van der Waals surface area contributed by atoms with Gasteiger partial charge in [-0.15, -0.1) is 0 Å². The van der Waals surface area contributed by atoms with Crippen LogP contribution in [0.1, 0.15) is 97.2 Å². The van der Waals surface area contributed by atoms with Gasteiger partial charge in [-0.25, -0.2) is 14.8 Å². The predicted octanol–water partition coefficient (Wildman–Crippen LogP) is 5.49. The lowest BCUT2D eigenvalue weighted by atomic mass is 9.85. The topological polar surface area (TPSA) is 161 Å². The summed E-state index contributed by atoms with van der Waals surface area (Å²) in [5.41, 5.74) is 2.26. The summed E-state index contributed by atoms with van der Waals surface area (Å²) in [6, 6.07) is 12.3. The average molecular weight is 634 g/mol. The van der Waals surface area contributed by atoms with Crippen molar-refractivity contribution in [1.29, 1.82) is 10.8 Å². The zero-order chi connectivity index (χ0) is 33.2. The molecule has 12 heteroatoms. The predicted molar refractivity (Wildman–Crippen MR) is 183 cm³/mol. The van der Waals surface area contributed by atoms with Crippen LogP contribution < -0.4 is 26.2 Å². The van der Waals surface area contributed by atoms with Crippen LogP contribution in [0.25, 0.3) is 0 Å². The number of nitrogens with one attached hydrogen (secondary N) is 5. The molecule has 250 valence electrons. The summed E-state index contributed by atoms with van der Waals surface area (Å²) < 4.78 is 8.04. The molecule has 2 aliphatic carbocycles. The number of anilines is 1. The Balaban J connectivity index is 0.00000278. The van der Waals surface area contributed by atoms with Gasteiger partial charge in [-0.3, -0.25) is 25.5 Å². The second-order valence-electron chi connectivity index (χ2n) is 13.8. The van der Waals surface area contributed by atoms with Crippen LogP contribution >= 0.6 is 0 Å². The Labute approximate surface area is 274 Å². The molecular weight excluding hydrogens is 582 g/mol. The first-order valence-electron chi connectivity index (χ1n) is 15.8. The number of likely N-dealkylation sites (N-methyl/N-ethyl adjacent to an activating group) is 1. The summed E-state index contributed by atoms with van der Waals surface area (Å²) in [6.07, 6.45) is 4.67. The standard InChI is InChI=1S/C34H45N9O3.3H2/c1-33(2,3)26-19-28(40-29(39-26)30(44)37-17-18-42(5)6)41-32(45)38-24-12-13-25(23-10-8-7-9-22(23)24)46-21-11-14-27(35)43(20-21)31(36)34(4)15-16-34;;;/h7-11,14,19-20,24-25,35-36H,12-13,15-18H2,1-6H3,(H,37,44)(H2,38,39,40,41,45);3*1H/t24-,25+;;;/m0.../s1. The molecule has 5 rings (SSSR count). The van der Waals surface area contributed by atoms with Crippen molar-refractivity contribution in [2.75, 3.05) is 32.5 Å². The summed E-state index contributed by atoms with van der Waals surface area (Å²) in [7, 11) is 3.86. The van der Waals surface area contributed by atoms with Gasteiger partial charge in [-0.2, -0.15) is 0 Å². The van der Waals surface area contributed by atoms with Crippen molar-refractivity contribution >= 4 is 23.6 Å². The van der Waals surface area contributed by atoms with Crippen LogP contribution in [0, 0.1) is 16.2 Å². The minimum Gasteiger partial charge on any atom is -0.484 e. The van der Waals surface area contributed by atoms with E-state index in [1.807, 2.05) is 71.0 Å². The van der Waals surface area contributed by atoms with Crippen LogP contribution in [0.15, 0.2) is 48.7 Å². The van der Waals surface area contributed by atoms with Crippen molar-refractivity contribution in [2.45, 2.75) is 70.9 Å². The molecule has 1 saturated carbocycles. The lowest BCUT2D eigenvalue weighted by molar-refractivity contribution is 0.0940. The zero-order valence-electron chi connectivity index (χ0n) is 27.5. The summed E-state index contributed by atoms with van der Waals surface area (Å²) in [5.74, 6) is 0.861. The van der Waals surface area contributed by atoms with Gasteiger partial charge in [0.15, 0.2) is 0 Å². The highest BCUT2D eigenvalue weighted by Crippen LogP contribution is 2.46. The maximum Gasteiger partial charge on any atom is 0.320 e. The van der Waals surface area contributed by atoms with Gasteiger partial charge >= 0.3 is 6.03 Å². The number of aromatic nitrogens is 3. The van der Waals surface area contributed by atoms with Gasteiger partial charge in [0.1, 0.15) is 29.0 Å². The number of nitrogens with zero attached hydrogens (tertiary/aromatic N) is 4. The summed E-state index contributed by atoms with van der Waals surface area (Å²) in [5, 5.41) is 25.7. The summed E-state index contributed by atoms with van der Waals surface area (Å²) >= 11 is 0. The molecule has 2 aromatic heterocycles. The second kappa shape index (κ2) is 13.0. The van der Waals surface area contributed by atoms with Crippen molar-refractivity contribution in [2.24, 2.45) is 5.41 Å². The molecule has 0 saturated heterocycles. The van der Waals surface area contributed by atoms with Gasteiger partial charge < -0.3 is 20.3 Å². The molecule has 46 heavy (non-hydrogen) atoms. The quantitative estimate of drug-likeness (QED) is 0.155. The Kier molecular flexibility index (Phi) is 9.29. The van der Waals surface area contributed by atoms with Crippen LogP contribution in [-0.2, 0) is 5.41 Å². The van der Waals surface area contributed by atoms with E-state index in [-0.39, 0.29) is 44.4 Å². The maximum absolute atomic E-state index is 13.3. The Bertz CT molecular complexity index is 1700. The van der Waals surface area contributed by atoms with Crippen molar-refractivity contribution in [3.63, 3.8) is 0 Å². The Morgan fingerprint density at radius 3 is 2.50 bits per heavy atom. The van der Waals surface area contributed by atoms with E-state index in [1.165, 1.54) is 0 Å². The van der Waals surface area contributed by atoms with Gasteiger partial charge in [0.25, 0.3) is 5.91 Å². The molecule has 2 aliphatic rings. The third-order valence-electron chi connectivity index (χ3n) is 8.54. The molecule has 1 fully saturated rings. The Morgan fingerprint density at radius 1 is 1.11 bits per heavy atom. The zero-order valence-corrected chi connectivity index (χ0v) is 27.5. The van der Waals surface area contributed by atoms with Crippen LogP contribution in [0.3, 0.4) is 0 Å². The first-order valence-corrected chi connectivity index (χ1v) is 15.8. The van der Waals surface area contributed by atoms with Gasteiger partial charge in [0, 0.05) is 34.3 Å². The number of hydrogen-bond donors (Lipinski definition) is 5. The minimum absolute atomic E-state index is 0. The number of benzene rings is 1. The first-order chi connectivity index (χ1) is 21.7. The lowest BCUT2D eigenvalue weighted by Gasteiger charge is -2.32. The second-order valence-corrected chi connectivity index (χ2v) is 13.8. The fourth-order valence-electron chi connectivity index (χ4n) is 5.42. The number of hydrogen-bond acceptors (Lipinski definition) is 8. The molecule has 0 bridgehead atoms. The van der Waals surface area contributed by atoms with Crippen LogP contribution in [0.5, 0.6) is 5.75 Å². The van der Waals surface area contributed by atoms with Crippen molar-refractivity contribution in [3.8, 4) is 5.75 Å². The highest BCUT2D eigenvalue weighted by Gasteiger charge is 2.43. The monoisotopic (exact) mass is 633 g/mol. The number of rotatable bonds is 9. The van der Waals surface area contributed by atoms with Gasteiger partial charge in [0.05, 0.1) is 17.9 Å². The molecular formula is C34H51N9O3. The van der Waals surface area contributed by atoms with Crippen LogP contribution in [0.4, 0.5) is 10.6 Å². The van der Waals surface area contributed by atoms with E-state index in [4.69, 9.17) is 15.6 Å². The Morgan fingerprint density at radius 2 is 1.83 bits per heavy atom. The molecule has 5 N–H and O–H groups in total. The molecule has 0 radical (unpaired) electrons. The van der Waals surface area contributed by atoms with E-state index in [2.05, 4.69) is 25.9 Å². The molecule has 3 aromatic rings. The third-order valence-corrected chi connectivity index (χ3v) is 8.54. The lowest BCUT2D eigenvalue weighted by Crippen LogP contribution is -2.36. The number of carbonyl (C=O) groups is 2. The van der Waals surface area contributed by atoms with Crippen molar-refractivity contribution in [1.82, 2.24) is 30.1 Å². The molecule has 1 aromatic carbocycles.